The van der Waals surface area contributed by atoms with Gasteiger partial charge in [0.25, 0.3) is 0 Å². The number of nitrogens with zero attached hydrogens (tertiary/aromatic N) is 6. The number of aryl methyl sites for hydroxylation is 2. The van der Waals surface area contributed by atoms with Crippen LogP contribution in [0.4, 0.5) is 5.69 Å². The molecule has 0 aliphatic carbocycles. The molecule has 0 saturated heterocycles. The topological polar surface area (TPSA) is 132 Å². The summed E-state index contributed by atoms with van der Waals surface area (Å²) < 4.78 is 2.19. The Morgan fingerprint density at radius 2 is 1.07 bits per heavy atom. The zero-order chi connectivity index (χ0) is 30.0. The first kappa shape index (κ1) is 35.9. The minimum Gasteiger partial charge on any atom is -0.397 e. The van der Waals surface area contributed by atoms with E-state index >= 15 is 0 Å². The number of nitrogens with two attached hydrogens (primary N) is 2. The van der Waals surface area contributed by atoms with Gasteiger partial charge >= 0.3 is 0 Å². The molecular weight excluding hydrogens is 548 g/mol. The van der Waals surface area contributed by atoms with Crippen molar-refractivity contribution in [3.8, 4) is 28.5 Å². The Bertz CT molecular complexity index is 1350. The molecule has 5 aromatic rings. The zero-order valence-corrected chi connectivity index (χ0v) is 25.9. The molecule has 5 aromatic heterocycles. The quantitative estimate of drug-likeness (QED) is 0.194. The monoisotopic (exact) mass is 590 g/mol. The molecule has 0 aromatic carbocycles. The maximum absolute atomic E-state index is 6.50. The highest BCUT2D eigenvalue weighted by atomic mass is 35.5. The van der Waals surface area contributed by atoms with Crippen molar-refractivity contribution in [1.82, 2.24) is 29.4 Å². The van der Waals surface area contributed by atoms with Gasteiger partial charge in [0, 0.05) is 23.8 Å². The van der Waals surface area contributed by atoms with E-state index in [1.807, 2.05) is 60.8 Å². The molecule has 0 unspecified atom stereocenters. The van der Waals surface area contributed by atoms with Crippen molar-refractivity contribution in [1.29, 1.82) is 0 Å². The van der Waals surface area contributed by atoms with Crippen LogP contribution in [0.1, 0.15) is 32.2 Å². The van der Waals surface area contributed by atoms with E-state index in [0.29, 0.717) is 5.69 Å². The van der Waals surface area contributed by atoms with Crippen molar-refractivity contribution < 1.29 is 5.21 Å². The highest BCUT2D eigenvalue weighted by Gasteiger charge is 2.05. The van der Waals surface area contributed by atoms with Gasteiger partial charge in [-0.05, 0) is 94.1 Å². The van der Waals surface area contributed by atoms with E-state index < -0.39 is 0 Å². The second-order valence-corrected chi connectivity index (χ2v) is 8.88. The summed E-state index contributed by atoms with van der Waals surface area (Å²) in [6, 6.07) is 23.6. The van der Waals surface area contributed by atoms with Crippen LogP contribution in [0.2, 0.25) is 0 Å². The van der Waals surface area contributed by atoms with Crippen molar-refractivity contribution in [2.75, 3.05) is 25.4 Å². The fraction of sp³-hybridized carbons (Fsp3) is 0.250. The predicted molar refractivity (Wildman–Crippen MR) is 175 cm³/mol. The number of rotatable bonds is 6. The Morgan fingerprint density at radius 3 is 1.40 bits per heavy atom. The van der Waals surface area contributed by atoms with E-state index in [0.717, 1.165) is 28.5 Å². The van der Waals surface area contributed by atoms with Gasteiger partial charge in [0.15, 0.2) is 0 Å². The molecule has 0 radical (unpaired) electrons. The second-order valence-electron chi connectivity index (χ2n) is 8.88. The van der Waals surface area contributed by atoms with Crippen molar-refractivity contribution in [2.45, 2.75) is 34.6 Å². The summed E-state index contributed by atoms with van der Waals surface area (Å²) in [5, 5.41) is 6.50. The van der Waals surface area contributed by atoms with Crippen LogP contribution in [0, 0.1) is 13.8 Å². The van der Waals surface area contributed by atoms with E-state index in [1.165, 1.54) is 31.0 Å². The fourth-order valence-electron chi connectivity index (χ4n) is 4.00. The number of anilines is 1. The summed E-state index contributed by atoms with van der Waals surface area (Å²) in [6.07, 6.45) is 7.05. The SMILES string of the molecule is CCN(CC)CC.Cc1ccc(C)n1-c1ccc(-c2ccccn2)nc1.Cl.NO.Nc1ccc(-c2ccccn2)nc1. The van der Waals surface area contributed by atoms with Gasteiger partial charge in [-0.1, -0.05) is 32.9 Å². The number of halogens is 1. The van der Waals surface area contributed by atoms with Crippen LogP contribution in [0.15, 0.2) is 97.6 Å². The molecule has 9 nitrogen and oxygen atoms in total. The number of hydrogen-bond acceptors (Lipinski definition) is 8. The average Bonchev–Trinajstić information content (AvgIpc) is 3.38. The highest BCUT2D eigenvalue weighted by molar-refractivity contribution is 5.85. The third kappa shape index (κ3) is 11.0. The molecule has 42 heavy (non-hydrogen) atoms. The maximum Gasteiger partial charge on any atom is 0.0887 e. The highest BCUT2D eigenvalue weighted by Crippen LogP contribution is 2.19. The summed E-state index contributed by atoms with van der Waals surface area (Å²) >= 11 is 0. The molecule has 0 bridgehead atoms. The van der Waals surface area contributed by atoms with Gasteiger partial charge in [-0.15, -0.1) is 12.4 Å². The molecule has 0 aliphatic heterocycles. The van der Waals surface area contributed by atoms with Crippen LogP contribution in [0.5, 0.6) is 0 Å². The lowest BCUT2D eigenvalue weighted by atomic mass is 10.2. The summed E-state index contributed by atoms with van der Waals surface area (Å²) in [5.74, 6) is 3.50. The molecule has 0 saturated carbocycles. The van der Waals surface area contributed by atoms with Crippen LogP contribution in [0.3, 0.4) is 0 Å². The third-order valence-electron chi connectivity index (χ3n) is 6.26. The second kappa shape index (κ2) is 19.8. The van der Waals surface area contributed by atoms with E-state index in [2.05, 4.69) is 88.1 Å². The first-order valence-corrected chi connectivity index (χ1v) is 13.6. The molecule has 0 amide bonds. The lowest BCUT2D eigenvalue weighted by Crippen LogP contribution is -2.21. The smallest absolute Gasteiger partial charge is 0.0887 e. The Hall–Kier alpha value is -4.15. The molecular formula is C32H43ClN8O. The van der Waals surface area contributed by atoms with Crippen molar-refractivity contribution >= 4 is 18.1 Å². The van der Waals surface area contributed by atoms with Gasteiger partial charge in [0.2, 0.25) is 0 Å². The van der Waals surface area contributed by atoms with Gasteiger partial charge in [0.05, 0.1) is 46.5 Å². The minimum atomic E-state index is 0. The van der Waals surface area contributed by atoms with Gasteiger partial charge in [0.1, 0.15) is 0 Å². The van der Waals surface area contributed by atoms with Crippen molar-refractivity contribution in [3.63, 3.8) is 0 Å². The normalized spacial score (nSPS) is 9.71. The molecule has 0 fully saturated rings. The van der Waals surface area contributed by atoms with E-state index in [9.17, 15) is 0 Å². The molecule has 5 heterocycles. The van der Waals surface area contributed by atoms with Gasteiger partial charge in [-0.25, -0.2) is 5.90 Å². The van der Waals surface area contributed by atoms with Crippen LogP contribution < -0.4 is 11.6 Å². The molecule has 10 heteroatoms. The van der Waals surface area contributed by atoms with Crippen LogP contribution >= 0.6 is 12.4 Å². The van der Waals surface area contributed by atoms with Crippen molar-refractivity contribution in [2.24, 2.45) is 5.90 Å². The molecule has 224 valence electrons. The van der Waals surface area contributed by atoms with Crippen LogP contribution in [0.25, 0.3) is 28.5 Å². The summed E-state index contributed by atoms with van der Waals surface area (Å²) in [7, 11) is 0. The Kier molecular flexibility index (Phi) is 17.0. The van der Waals surface area contributed by atoms with Gasteiger partial charge < -0.3 is 20.4 Å². The standard InChI is InChI=1S/C16H15N3.C10H9N3.C6H15N.ClH.H3NO/c1-12-6-7-13(2)19(12)14-8-9-16(18-11-14)15-5-3-4-10-17-15;11-8-4-5-10(13-7-8)9-3-1-2-6-12-9;1-4-7(5-2)6-3;;1-2/h3-11H,1-2H3;1-7H,11H2;4-6H2,1-3H3;1H;2H,1H2. The first-order valence-electron chi connectivity index (χ1n) is 13.6. The fourth-order valence-corrected chi connectivity index (χ4v) is 4.00. The summed E-state index contributed by atoms with van der Waals surface area (Å²) in [5.41, 5.74) is 13.2. The van der Waals surface area contributed by atoms with Gasteiger partial charge in [-0.2, -0.15) is 0 Å². The Labute approximate surface area is 255 Å². The molecule has 0 spiro atoms. The van der Waals surface area contributed by atoms with Crippen LogP contribution in [-0.4, -0.2) is 54.2 Å². The average molecular weight is 591 g/mol. The minimum absolute atomic E-state index is 0. The third-order valence-corrected chi connectivity index (χ3v) is 6.26. The zero-order valence-electron chi connectivity index (χ0n) is 25.1. The Morgan fingerprint density at radius 1 is 0.619 bits per heavy atom. The lowest BCUT2D eigenvalue weighted by molar-refractivity contribution is 0.311. The number of aromatic nitrogens is 5. The van der Waals surface area contributed by atoms with Gasteiger partial charge in [-0.3, -0.25) is 19.9 Å². The van der Waals surface area contributed by atoms with E-state index in [1.54, 1.807) is 18.6 Å². The molecule has 0 aliphatic rings. The first-order chi connectivity index (χ1) is 20.0. The number of nitrogen functional groups attached to an aromatic ring is 1. The number of hydrogen-bond donors (Lipinski definition) is 3. The molecule has 5 rings (SSSR count). The summed E-state index contributed by atoms with van der Waals surface area (Å²) in [6.45, 7) is 14.3. The maximum atomic E-state index is 6.50. The summed E-state index contributed by atoms with van der Waals surface area (Å²) in [4.78, 5) is 19.5. The van der Waals surface area contributed by atoms with Crippen LogP contribution in [-0.2, 0) is 0 Å². The lowest BCUT2D eigenvalue weighted by Gasteiger charge is -2.13. The van der Waals surface area contributed by atoms with E-state index in [-0.39, 0.29) is 12.4 Å². The molecule has 5 N–H and O–H groups in total. The molecule has 0 atom stereocenters. The largest absolute Gasteiger partial charge is 0.397 e. The predicted octanol–water partition coefficient (Wildman–Crippen LogP) is 6.38. The number of pyridine rings is 4. The van der Waals surface area contributed by atoms with E-state index in [4.69, 9.17) is 10.9 Å². The van der Waals surface area contributed by atoms with Crippen molar-refractivity contribution in [3.05, 3.63) is 109 Å². The Balaban J connectivity index is 0.000000334.